The van der Waals surface area contributed by atoms with Gasteiger partial charge in [0.2, 0.25) is 11.8 Å². The van der Waals surface area contributed by atoms with Crippen molar-refractivity contribution in [2.45, 2.75) is 62.6 Å². The van der Waals surface area contributed by atoms with E-state index in [9.17, 15) is 19.8 Å². The first kappa shape index (κ1) is 39.2. The quantitative estimate of drug-likeness (QED) is 0.280. The van der Waals surface area contributed by atoms with Crippen LogP contribution >= 0.6 is 11.8 Å². The summed E-state index contributed by atoms with van der Waals surface area (Å²) < 4.78 is 23.7. The van der Waals surface area contributed by atoms with Gasteiger partial charge in [0.1, 0.15) is 30.7 Å². The van der Waals surface area contributed by atoms with E-state index in [0.717, 1.165) is 11.3 Å². The van der Waals surface area contributed by atoms with Gasteiger partial charge < -0.3 is 39.0 Å². The zero-order chi connectivity index (χ0) is 36.0. The molecule has 2 aromatic heterocycles. The smallest absolute Gasteiger partial charge is 0.248 e. The Hall–Kier alpha value is -3.60. The molecule has 1 aliphatic heterocycles. The zero-order valence-corrected chi connectivity index (χ0v) is 30.3. The van der Waals surface area contributed by atoms with Crippen LogP contribution in [0.1, 0.15) is 33.1 Å². The largest absolute Gasteiger partial charge is 0.497 e. The first-order valence-electron chi connectivity index (χ1n) is 16.8. The molecule has 1 fully saturated rings. The molecule has 50 heavy (non-hydrogen) atoms. The number of hydrogen-bond donors (Lipinski definition) is 2. The van der Waals surface area contributed by atoms with Gasteiger partial charge in [-0.15, -0.1) is 10.2 Å². The van der Waals surface area contributed by atoms with Gasteiger partial charge in [-0.2, -0.15) is 0 Å². The summed E-state index contributed by atoms with van der Waals surface area (Å²) in [6.45, 7) is 4.87. The number of nitrogens with zero attached hydrogens (tertiary/aromatic N) is 6. The molecule has 4 rings (SSSR count). The molecule has 1 aromatic carbocycles. The van der Waals surface area contributed by atoms with Crippen molar-refractivity contribution in [3.05, 3.63) is 48.8 Å². The molecule has 0 spiro atoms. The number of amides is 2. The third kappa shape index (κ3) is 10.7. The molecule has 0 radical (unpaired) electrons. The lowest BCUT2D eigenvalue weighted by Crippen LogP contribution is -2.54. The maximum Gasteiger partial charge on any atom is 0.248 e. The van der Waals surface area contributed by atoms with Crippen molar-refractivity contribution in [1.29, 1.82) is 0 Å². The van der Waals surface area contributed by atoms with E-state index in [-0.39, 0.29) is 55.8 Å². The topological polar surface area (TPSA) is 162 Å². The Morgan fingerprint density at radius 2 is 1.82 bits per heavy atom. The van der Waals surface area contributed by atoms with Crippen molar-refractivity contribution in [1.82, 2.24) is 29.5 Å². The molecule has 0 bridgehead atoms. The van der Waals surface area contributed by atoms with Crippen LogP contribution in [0.25, 0.3) is 17.1 Å². The Morgan fingerprint density at radius 1 is 1.04 bits per heavy atom. The first-order valence-corrected chi connectivity index (χ1v) is 17.8. The lowest BCUT2D eigenvalue weighted by molar-refractivity contribution is -0.145. The van der Waals surface area contributed by atoms with E-state index < -0.39 is 18.3 Å². The highest BCUT2D eigenvalue weighted by atomic mass is 32.2. The molecule has 1 saturated heterocycles. The number of thioether (sulfide) groups is 1. The maximum atomic E-state index is 14.3. The Balaban J connectivity index is 1.65. The van der Waals surface area contributed by atoms with Crippen LogP contribution in [0.2, 0.25) is 0 Å². The van der Waals surface area contributed by atoms with Crippen molar-refractivity contribution in [3.8, 4) is 22.8 Å². The molecule has 4 atom stereocenters. The van der Waals surface area contributed by atoms with Gasteiger partial charge in [-0.25, -0.2) is 0 Å². The average Bonchev–Trinajstić information content (AvgIpc) is 3.55. The van der Waals surface area contributed by atoms with Crippen molar-refractivity contribution in [3.63, 3.8) is 0 Å². The summed E-state index contributed by atoms with van der Waals surface area (Å²) in [6.07, 6.45) is 1.93. The molecule has 274 valence electrons. The summed E-state index contributed by atoms with van der Waals surface area (Å²) in [5.41, 5.74) is 1.57. The lowest BCUT2D eigenvalue weighted by atomic mass is 10.00. The Bertz CT molecular complexity index is 1480. The number of aliphatic hydroxyl groups is 2. The van der Waals surface area contributed by atoms with E-state index in [0.29, 0.717) is 49.1 Å². The third-order valence-corrected chi connectivity index (χ3v) is 9.38. The molecule has 15 heteroatoms. The fraction of sp³-hybridized carbons (Fsp3) is 0.571. The van der Waals surface area contributed by atoms with Gasteiger partial charge in [-0.05, 0) is 61.6 Å². The number of methoxy groups -OCH3 is 3. The second-order valence-corrected chi connectivity index (χ2v) is 13.5. The highest BCUT2D eigenvalue weighted by molar-refractivity contribution is 7.99. The van der Waals surface area contributed by atoms with E-state index in [4.69, 9.17) is 18.9 Å². The number of aliphatic hydroxyl groups excluding tert-OH is 2. The van der Waals surface area contributed by atoms with Gasteiger partial charge in [0.25, 0.3) is 0 Å². The van der Waals surface area contributed by atoms with E-state index in [1.54, 1.807) is 24.4 Å². The predicted octanol–water partition coefficient (Wildman–Crippen LogP) is 2.70. The summed E-state index contributed by atoms with van der Waals surface area (Å²) in [5.74, 6) is 1.14. The average molecular weight is 715 g/mol. The first-order chi connectivity index (χ1) is 24.2. The number of benzene rings is 1. The number of rotatable bonds is 11. The maximum absolute atomic E-state index is 14.3. The number of hydrogen-bond acceptors (Lipinski definition) is 12. The van der Waals surface area contributed by atoms with Crippen molar-refractivity contribution in [2.75, 3.05) is 66.5 Å². The van der Waals surface area contributed by atoms with Gasteiger partial charge in [0.05, 0.1) is 19.5 Å². The van der Waals surface area contributed by atoms with Gasteiger partial charge in [-0.3, -0.25) is 19.1 Å². The third-order valence-electron chi connectivity index (χ3n) is 8.47. The highest BCUT2D eigenvalue weighted by Crippen LogP contribution is 2.29. The van der Waals surface area contributed by atoms with Gasteiger partial charge in [0, 0.05) is 70.1 Å². The Labute approximate surface area is 298 Å². The molecular formula is C35H50N6O8S. The number of ether oxygens (including phenoxy) is 4. The fourth-order valence-electron chi connectivity index (χ4n) is 5.90. The lowest BCUT2D eigenvalue weighted by Gasteiger charge is -2.38. The fourth-order valence-corrected chi connectivity index (χ4v) is 6.74. The number of aromatic nitrogens is 4. The Kier molecular flexibility index (Phi) is 15.4. The molecule has 0 saturated carbocycles. The molecule has 2 amide bonds. The molecule has 14 nitrogen and oxygen atoms in total. The van der Waals surface area contributed by atoms with E-state index in [1.807, 2.05) is 45.9 Å². The predicted molar refractivity (Wildman–Crippen MR) is 188 cm³/mol. The van der Waals surface area contributed by atoms with Crippen molar-refractivity contribution < 1.29 is 38.7 Å². The summed E-state index contributed by atoms with van der Waals surface area (Å²) in [7, 11) is 4.47. The molecule has 2 N–H and O–H groups in total. The highest BCUT2D eigenvalue weighted by Gasteiger charge is 2.34. The van der Waals surface area contributed by atoms with Crippen LogP contribution in [0.4, 0.5) is 0 Å². The van der Waals surface area contributed by atoms with Crippen LogP contribution in [0.5, 0.6) is 5.75 Å². The second-order valence-electron chi connectivity index (χ2n) is 12.6. The van der Waals surface area contributed by atoms with Crippen molar-refractivity contribution >= 4 is 23.6 Å². The van der Waals surface area contributed by atoms with Crippen molar-refractivity contribution in [2.24, 2.45) is 5.92 Å². The van der Waals surface area contributed by atoms with Gasteiger partial charge in [-0.1, -0.05) is 25.6 Å². The summed E-state index contributed by atoms with van der Waals surface area (Å²) >= 11 is 1.29. The number of pyridine rings is 1. The minimum absolute atomic E-state index is 0.00954. The molecule has 3 heterocycles. The minimum atomic E-state index is -1.29. The summed E-state index contributed by atoms with van der Waals surface area (Å²) in [5, 5.41) is 31.0. The Morgan fingerprint density at radius 3 is 2.48 bits per heavy atom. The zero-order valence-electron chi connectivity index (χ0n) is 29.5. The van der Waals surface area contributed by atoms with Crippen LogP contribution in [0.15, 0.2) is 53.9 Å². The van der Waals surface area contributed by atoms with Crippen LogP contribution in [-0.2, 0) is 23.8 Å². The van der Waals surface area contributed by atoms with Crippen LogP contribution in [0.3, 0.4) is 0 Å². The van der Waals surface area contributed by atoms with E-state index in [2.05, 4.69) is 29.0 Å². The normalized spacial score (nSPS) is 21.2. The molecule has 0 aliphatic carbocycles. The standard InChI is InChI=1S/C35H50N6O8S/c1-24(2)17-27-19-39(31(43)22-46-3)20-30(48-5)33(45)29(42)21-49-16-7-6-15-40(27)32(44)23-50-35-38-37-34(25-9-8-14-36-18-25)41(35)26-10-12-28(47-4)13-11-26/h8-14,18,24,27,29-30,33,42,45H,6-7,15-17,19-23H2,1-5H3/t27-,29+,30+,33+/m0/s1. The molecule has 1 aliphatic rings. The van der Waals surface area contributed by atoms with E-state index >= 15 is 0 Å². The molecular weight excluding hydrogens is 664 g/mol. The SMILES string of the molecule is COCC(=O)N1C[C@H](CC(C)C)N(C(=O)CSc2nnc(-c3cccnc3)n2-c2ccc(OC)cc2)CCCCOC[C@@H](O)[C@@H](O)[C@H](OC)C1. The van der Waals surface area contributed by atoms with Gasteiger partial charge >= 0.3 is 0 Å². The summed E-state index contributed by atoms with van der Waals surface area (Å²) in [4.78, 5) is 35.3. The van der Waals surface area contributed by atoms with Crippen LogP contribution < -0.4 is 4.74 Å². The van der Waals surface area contributed by atoms with Gasteiger partial charge in [0.15, 0.2) is 11.0 Å². The monoisotopic (exact) mass is 714 g/mol. The summed E-state index contributed by atoms with van der Waals surface area (Å²) in [6, 6.07) is 10.9. The van der Waals surface area contributed by atoms with Crippen LogP contribution in [-0.4, -0.2) is 142 Å². The van der Waals surface area contributed by atoms with Crippen LogP contribution in [0, 0.1) is 5.92 Å². The minimum Gasteiger partial charge on any atom is -0.497 e. The molecule has 0 unspecified atom stereocenters. The molecule has 3 aromatic rings. The van der Waals surface area contributed by atoms with E-state index in [1.165, 1.54) is 26.0 Å². The second kappa shape index (κ2) is 19.7. The number of carbonyl (C=O) groups is 2. The number of carbonyl (C=O) groups excluding carboxylic acids is 2.